The van der Waals surface area contributed by atoms with E-state index in [1.807, 2.05) is 0 Å². The number of allylic oxidation sites excluding steroid dienone is 6. The van der Waals surface area contributed by atoms with E-state index in [0.29, 0.717) is 19.3 Å². The first-order valence-corrected chi connectivity index (χ1v) is 30.0. The van der Waals surface area contributed by atoms with Crippen molar-refractivity contribution in [3.8, 4) is 0 Å². The van der Waals surface area contributed by atoms with Crippen LogP contribution in [0.3, 0.4) is 0 Å². The van der Waals surface area contributed by atoms with Crippen molar-refractivity contribution < 1.29 is 28.6 Å². The number of ether oxygens (including phenoxy) is 3. The van der Waals surface area contributed by atoms with Gasteiger partial charge in [-0.1, -0.05) is 243 Å². The first kappa shape index (κ1) is 65.6. The second-order valence-electron chi connectivity index (χ2n) is 20.2. The molecule has 0 aromatic carbocycles. The fraction of sp³-hybridized carbons (Fsp3) is 0.855. The molecule has 1 atom stereocenters. The topological polar surface area (TPSA) is 78.9 Å². The van der Waals surface area contributed by atoms with Gasteiger partial charge in [-0.15, -0.1) is 0 Å². The molecule has 6 nitrogen and oxygen atoms in total. The van der Waals surface area contributed by atoms with E-state index in [0.717, 1.165) is 64.2 Å². The summed E-state index contributed by atoms with van der Waals surface area (Å²) in [6, 6.07) is 0. The van der Waals surface area contributed by atoms with Gasteiger partial charge in [0.25, 0.3) is 0 Å². The summed E-state index contributed by atoms with van der Waals surface area (Å²) in [6.07, 6.45) is 68.5. The quantitative estimate of drug-likeness (QED) is 0.0262. The molecule has 0 bridgehead atoms. The molecule has 1 unspecified atom stereocenters. The Hall–Kier alpha value is -2.37. The molecule has 0 aromatic heterocycles. The third-order valence-corrected chi connectivity index (χ3v) is 13.3. The highest BCUT2D eigenvalue weighted by atomic mass is 16.6. The summed E-state index contributed by atoms with van der Waals surface area (Å²) < 4.78 is 16.9. The van der Waals surface area contributed by atoms with Gasteiger partial charge in [0.2, 0.25) is 0 Å². The van der Waals surface area contributed by atoms with Crippen LogP contribution >= 0.6 is 0 Å². The zero-order valence-electron chi connectivity index (χ0n) is 45.6. The SMILES string of the molecule is CCCCCC/C=C\CCCCCCCCCC(=O)OCC(COC(=O)CCCCCCCCC/C=C\CCCCCCCCCC)OC(=O)CCCCCCC/C=C\CCCCCCCCC. The van der Waals surface area contributed by atoms with Gasteiger partial charge < -0.3 is 14.2 Å². The molecule has 0 aliphatic heterocycles. The van der Waals surface area contributed by atoms with E-state index in [1.165, 1.54) is 218 Å². The van der Waals surface area contributed by atoms with Crippen LogP contribution in [0.15, 0.2) is 36.5 Å². The fourth-order valence-corrected chi connectivity index (χ4v) is 8.78. The van der Waals surface area contributed by atoms with Crippen LogP contribution in [0.5, 0.6) is 0 Å². The van der Waals surface area contributed by atoms with E-state index in [1.54, 1.807) is 0 Å². The highest BCUT2D eigenvalue weighted by molar-refractivity contribution is 5.71. The highest BCUT2D eigenvalue weighted by Gasteiger charge is 2.19. The molecule has 398 valence electrons. The average molecular weight is 956 g/mol. The smallest absolute Gasteiger partial charge is 0.306 e. The van der Waals surface area contributed by atoms with E-state index in [-0.39, 0.29) is 31.1 Å². The maximum atomic E-state index is 12.9. The lowest BCUT2D eigenvalue weighted by Gasteiger charge is -2.18. The van der Waals surface area contributed by atoms with E-state index in [2.05, 4.69) is 57.2 Å². The third kappa shape index (κ3) is 54.6. The van der Waals surface area contributed by atoms with Gasteiger partial charge >= 0.3 is 17.9 Å². The molecule has 0 aliphatic rings. The van der Waals surface area contributed by atoms with Gasteiger partial charge in [0.15, 0.2) is 6.10 Å². The minimum Gasteiger partial charge on any atom is -0.462 e. The standard InChI is InChI=1S/C62H114O6/c1-4-7-10-13-16-19-22-25-28-30-31-32-35-37-40-43-46-49-52-55-61(64)67-58-59(57-66-60(63)54-51-48-45-42-39-36-33-27-24-21-18-15-12-9-6-3)68-62(65)56-53-50-47-44-41-38-34-29-26-23-20-17-14-11-8-5-2/h21,24,29-31,34,59H,4-20,22-23,25-28,32-33,35-58H2,1-3H3/b24-21-,31-30-,34-29-. The Bertz CT molecular complexity index is 1140. The fourth-order valence-electron chi connectivity index (χ4n) is 8.78. The number of unbranched alkanes of at least 4 members (excludes halogenated alkanes) is 38. The van der Waals surface area contributed by atoms with Gasteiger partial charge in [-0.2, -0.15) is 0 Å². The van der Waals surface area contributed by atoms with Crippen LogP contribution in [-0.2, 0) is 28.6 Å². The summed E-state index contributed by atoms with van der Waals surface area (Å²) in [5, 5.41) is 0. The molecule has 0 radical (unpaired) electrons. The van der Waals surface area contributed by atoms with E-state index in [9.17, 15) is 14.4 Å². The maximum absolute atomic E-state index is 12.9. The minimum atomic E-state index is -0.779. The molecule has 0 amide bonds. The van der Waals surface area contributed by atoms with Crippen molar-refractivity contribution in [3.05, 3.63) is 36.5 Å². The zero-order chi connectivity index (χ0) is 49.3. The molecule has 0 saturated carbocycles. The Morgan fingerprint density at radius 2 is 0.485 bits per heavy atom. The van der Waals surface area contributed by atoms with Crippen molar-refractivity contribution >= 4 is 17.9 Å². The Balaban J connectivity index is 4.35. The maximum Gasteiger partial charge on any atom is 0.306 e. The van der Waals surface area contributed by atoms with E-state index >= 15 is 0 Å². The van der Waals surface area contributed by atoms with Crippen LogP contribution in [0.25, 0.3) is 0 Å². The van der Waals surface area contributed by atoms with Crippen molar-refractivity contribution in [2.45, 2.75) is 329 Å². The van der Waals surface area contributed by atoms with Crippen molar-refractivity contribution in [1.29, 1.82) is 0 Å². The summed E-state index contributed by atoms with van der Waals surface area (Å²) in [5.74, 6) is -0.876. The van der Waals surface area contributed by atoms with E-state index in [4.69, 9.17) is 14.2 Å². The molecule has 0 fully saturated rings. The van der Waals surface area contributed by atoms with Crippen LogP contribution in [0, 0.1) is 0 Å². The predicted molar refractivity (Wildman–Crippen MR) is 293 cm³/mol. The normalized spacial score (nSPS) is 12.2. The zero-order valence-corrected chi connectivity index (χ0v) is 45.6. The summed E-state index contributed by atoms with van der Waals surface area (Å²) >= 11 is 0. The predicted octanol–water partition coefficient (Wildman–Crippen LogP) is 20.0. The van der Waals surface area contributed by atoms with Crippen molar-refractivity contribution in [2.24, 2.45) is 0 Å². The molecule has 0 rings (SSSR count). The molecule has 68 heavy (non-hydrogen) atoms. The number of rotatable bonds is 55. The molecular weight excluding hydrogens is 841 g/mol. The molecule has 0 aromatic rings. The first-order valence-electron chi connectivity index (χ1n) is 30.0. The van der Waals surface area contributed by atoms with Crippen molar-refractivity contribution in [2.75, 3.05) is 13.2 Å². The van der Waals surface area contributed by atoms with Crippen LogP contribution in [-0.4, -0.2) is 37.2 Å². The summed E-state index contributed by atoms with van der Waals surface area (Å²) in [5.41, 5.74) is 0. The summed E-state index contributed by atoms with van der Waals surface area (Å²) in [6.45, 7) is 6.65. The molecule has 0 aliphatic carbocycles. The van der Waals surface area contributed by atoms with E-state index < -0.39 is 6.10 Å². The Morgan fingerprint density at radius 1 is 0.279 bits per heavy atom. The second-order valence-corrected chi connectivity index (χ2v) is 20.2. The summed E-state index contributed by atoms with van der Waals surface area (Å²) in [7, 11) is 0. The molecule has 6 heteroatoms. The lowest BCUT2D eigenvalue weighted by atomic mass is 10.1. The van der Waals surface area contributed by atoms with Crippen LogP contribution < -0.4 is 0 Å². The van der Waals surface area contributed by atoms with Crippen LogP contribution in [0.1, 0.15) is 323 Å². The van der Waals surface area contributed by atoms with Gasteiger partial charge in [0.1, 0.15) is 13.2 Å². The Kier molecular flexibility index (Phi) is 55.2. The largest absolute Gasteiger partial charge is 0.462 e. The molecule has 0 saturated heterocycles. The molecule has 0 N–H and O–H groups in total. The second kappa shape index (κ2) is 57.2. The lowest BCUT2D eigenvalue weighted by Crippen LogP contribution is -2.30. The highest BCUT2D eigenvalue weighted by Crippen LogP contribution is 2.16. The van der Waals surface area contributed by atoms with Gasteiger partial charge in [-0.25, -0.2) is 0 Å². The number of esters is 3. The van der Waals surface area contributed by atoms with Gasteiger partial charge in [0, 0.05) is 19.3 Å². The third-order valence-electron chi connectivity index (χ3n) is 13.3. The number of carbonyl (C=O) groups is 3. The number of hydrogen-bond donors (Lipinski definition) is 0. The monoisotopic (exact) mass is 955 g/mol. The number of carbonyl (C=O) groups excluding carboxylic acids is 3. The molecule has 0 heterocycles. The van der Waals surface area contributed by atoms with Gasteiger partial charge in [-0.3, -0.25) is 14.4 Å². The van der Waals surface area contributed by atoms with Crippen LogP contribution in [0.2, 0.25) is 0 Å². The molecule has 0 spiro atoms. The van der Waals surface area contributed by atoms with Gasteiger partial charge in [0.05, 0.1) is 0 Å². The minimum absolute atomic E-state index is 0.0767. The first-order chi connectivity index (χ1) is 33.5. The van der Waals surface area contributed by atoms with Crippen molar-refractivity contribution in [3.63, 3.8) is 0 Å². The Labute approximate surface area is 423 Å². The lowest BCUT2D eigenvalue weighted by molar-refractivity contribution is -0.167. The Morgan fingerprint density at radius 3 is 0.750 bits per heavy atom. The average Bonchev–Trinajstić information content (AvgIpc) is 3.34. The number of hydrogen-bond acceptors (Lipinski definition) is 6. The molecular formula is C62H114O6. The van der Waals surface area contributed by atoms with Gasteiger partial charge in [-0.05, 0) is 96.3 Å². The summed E-state index contributed by atoms with van der Waals surface area (Å²) in [4.78, 5) is 38.2. The van der Waals surface area contributed by atoms with Crippen LogP contribution in [0.4, 0.5) is 0 Å². The van der Waals surface area contributed by atoms with Crippen molar-refractivity contribution in [1.82, 2.24) is 0 Å².